The number of ether oxygens (including phenoxy) is 1. The molecule has 1 heterocycles. The molecule has 20 heavy (non-hydrogen) atoms. The molecule has 1 atom stereocenters. The zero-order valence-electron chi connectivity index (χ0n) is 12.1. The molecule has 108 valence electrons. The van der Waals surface area contributed by atoms with Crippen LogP contribution >= 0.6 is 0 Å². The smallest absolute Gasteiger partial charge is 0.246 e. The summed E-state index contributed by atoms with van der Waals surface area (Å²) in [6.45, 7) is 4.42. The largest absolute Gasteiger partial charge is 0.496 e. The summed E-state index contributed by atoms with van der Waals surface area (Å²) >= 11 is 0. The first-order valence-electron chi connectivity index (χ1n) is 6.70. The molecule has 0 bridgehead atoms. The minimum absolute atomic E-state index is 0.103. The molecule has 1 fully saturated rings. The second-order valence-corrected chi connectivity index (χ2v) is 5.36. The molecule has 0 aromatic heterocycles. The monoisotopic (exact) mass is 276 g/mol. The molecular formula is C15H20N2O3. The summed E-state index contributed by atoms with van der Waals surface area (Å²) in [5, 5.41) is 0. The Morgan fingerprint density at radius 2 is 2.10 bits per heavy atom. The number of rotatable bonds is 4. The van der Waals surface area contributed by atoms with Gasteiger partial charge in [-0.25, -0.2) is 0 Å². The molecule has 1 aromatic rings. The van der Waals surface area contributed by atoms with E-state index in [0.717, 1.165) is 16.9 Å². The number of nitrogens with zero attached hydrogens (tertiary/aromatic N) is 1. The highest BCUT2D eigenvalue weighted by Crippen LogP contribution is 2.28. The molecule has 0 spiro atoms. The van der Waals surface area contributed by atoms with Gasteiger partial charge < -0.3 is 10.5 Å². The van der Waals surface area contributed by atoms with Gasteiger partial charge in [-0.2, -0.15) is 0 Å². The first-order valence-corrected chi connectivity index (χ1v) is 6.70. The van der Waals surface area contributed by atoms with E-state index in [1.165, 1.54) is 4.90 Å². The van der Waals surface area contributed by atoms with Gasteiger partial charge in [0.2, 0.25) is 11.8 Å². The molecule has 1 aliphatic rings. The number of likely N-dealkylation sites (tertiary alicyclic amines) is 1. The van der Waals surface area contributed by atoms with Crippen LogP contribution < -0.4 is 10.5 Å². The van der Waals surface area contributed by atoms with Crippen molar-refractivity contribution >= 4 is 11.8 Å². The van der Waals surface area contributed by atoms with Crippen molar-refractivity contribution in [3.8, 4) is 5.75 Å². The van der Waals surface area contributed by atoms with E-state index in [4.69, 9.17) is 10.5 Å². The number of benzene rings is 1. The van der Waals surface area contributed by atoms with Crippen LogP contribution in [0.4, 0.5) is 0 Å². The van der Waals surface area contributed by atoms with Gasteiger partial charge in [0, 0.05) is 0 Å². The van der Waals surface area contributed by atoms with Crippen molar-refractivity contribution in [3.63, 3.8) is 0 Å². The molecule has 1 aromatic carbocycles. The summed E-state index contributed by atoms with van der Waals surface area (Å²) in [6, 6.07) is 5.03. The van der Waals surface area contributed by atoms with E-state index in [0.29, 0.717) is 5.92 Å². The van der Waals surface area contributed by atoms with Crippen LogP contribution in [0.5, 0.6) is 5.75 Å². The summed E-state index contributed by atoms with van der Waals surface area (Å²) in [5.41, 5.74) is 7.58. The summed E-state index contributed by atoms with van der Waals surface area (Å²) in [5.74, 6) is 0.623. The minimum Gasteiger partial charge on any atom is -0.496 e. The molecule has 0 saturated carbocycles. The van der Waals surface area contributed by atoms with Gasteiger partial charge in [-0.1, -0.05) is 26.0 Å². The topological polar surface area (TPSA) is 72.6 Å². The lowest BCUT2D eigenvalue weighted by Crippen LogP contribution is -2.34. The molecule has 1 aliphatic heterocycles. The van der Waals surface area contributed by atoms with Crippen molar-refractivity contribution in [1.29, 1.82) is 0 Å². The summed E-state index contributed by atoms with van der Waals surface area (Å²) < 4.78 is 5.32. The van der Waals surface area contributed by atoms with Crippen LogP contribution in [-0.2, 0) is 16.1 Å². The second kappa shape index (κ2) is 5.63. The Labute approximate surface area is 118 Å². The number of methoxy groups -OCH3 is 1. The molecular weight excluding hydrogens is 256 g/mol. The molecule has 1 saturated heterocycles. The summed E-state index contributed by atoms with van der Waals surface area (Å²) in [4.78, 5) is 24.8. The number of amides is 2. The van der Waals surface area contributed by atoms with Gasteiger partial charge in [0.05, 0.1) is 26.1 Å². The van der Waals surface area contributed by atoms with Crippen LogP contribution in [0, 0.1) is 0 Å². The third kappa shape index (κ3) is 2.67. The Morgan fingerprint density at radius 3 is 2.60 bits per heavy atom. The Morgan fingerprint density at radius 1 is 1.40 bits per heavy atom. The van der Waals surface area contributed by atoms with E-state index in [1.807, 2.05) is 18.2 Å². The van der Waals surface area contributed by atoms with Gasteiger partial charge in [0.15, 0.2) is 0 Å². The number of carbonyl (C=O) groups is 2. The van der Waals surface area contributed by atoms with Crippen molar-refractivity contribution in [2.24, 2.45) is 5.73 Å². The Hall–Kier alpha value is -1.88. The lowest BCUT2D eigenvalue weighted by atomic mass is 9.99. The fourth-order valence-corrected chi connectivity index (χ4v) is 2.39. The maximum Gasteiger partial charge on any atom is 0.246 e. The van der Waals surface area contributed by atoms with Crippen LogP contribution in [0.15, 0.2) is 18.2 Å². The fourth-order valence-electron chi connectivity index (χ4n) is 2.39. The number of hydrogen-bond acceptors (Lipinski definition) is 4. The SMILES string of the molecule is COc1ccc(CN2C(=O)CC(N)C2=O)cc1C(C)C. The van der Waals surface area contributed by atoms with Gasteiger partial charge in [0.1, 0.15) is 5.75 Å². The highest BCUT2D eigenvalue weighted by Gasteiger charge is 2.35. The first-order chi connectivity index (χ1) is 9.43. The van der Waals surface area contributed by atoms with E-state index in [1.54, 1.807) is 7.11 Å². The standard InChI is InChI=1S/C15H20N2O3/c1-9(2)11-6-10(4-5-13(11)20-3)8-17-14(18)7-12(16)15(17)19/h4-6,9,12H,7-8,16H2,1-3H3. The fraction of sp³-hybridized carbons (Fsp3) is 0.467. The van der Waals surface area contributed by atoms with E-state index >= 15 is 0 Å². The molecule has 5 nitrogen and oxygen atoms in total. The maximum atomic E-state index is 11.8. The number of nitrogens with two attached hydrogens (primary N) is 1. The average molecular weight is 276 g/mol. The highest BCUT2D eigenvalue weighted by molar-refractivity contribution is 6.05. The Balaban J connectivity index is 2.24. The molecule has 1 unspecified atom stereocenters. The van der Waals surface area contributed by atoms with Gasteiger partial charge in [-0.3, -0.25) is 14.5 Å². The maximum absolute atomic E-state index is 11.8. The van der Waals surface area contributed by atoms with Gasteiger partial charge in [-0.15, -0.1) is 0 Å². The lowest BCUT2D eigenvalue weighted by molar-refractivity contribution is -0.139. The number of carbonyl (C=O) groups excluding carboxylic acids is 2. The Bertz CT molecular complexity index is 540. The van der Waals surface area contributed by atoms with Crippen molar-refractivity contribution in [3.05, 3.63) is 29.3 Å². The highest BCUT2D eigenvalue weighted by atomic mass is 16.5. The third-order valence-corrected chi connectivity index (χ3v) is 3.54. The first kappa shape index (κ1) is 14.5. The van der Waals surface area contributed by atoms with Crippen LogP contribution in [0.3, 0.4) is 0 Å². The van der Waals surface area contributed by atoms with Gasteiger partial charge in [0.25, 0.3) is 0 Å². The quantitative estimate of drug-likeness (QED) is 0.844. The molecule has 2 N–H and O–H groups in total. The average Bonchev–Trinajstić information content (AvgIpc) is 2.65. The van der Waals surface area contributed by atoms with Crippen molar-refractivity contribution < 1.29 is 14.3 Å². The van der Waals surface area contributed by atoms with Gasteiger partial charge >= 0.3 is 0 Å². The van der Waals surface area contributed by atoms with Crippen LogP contribution in [0.2, 0.25) is 0 Å². The predicted octanol–water partition coefficient (Wildman–Crippen LogP) is 1.40. The molecule has 5 heteroatoms. The lowest BCUT2D eigenvalue weighted by Gasteiger charge is -2.17. The molecule has 2 amide bonds. The van der Waals surface area contributed by atoms with E-state index < -0.39 is 6.04 Å². The number of imide groups is 1. The molecule has 0 aliphatic carbocycles. The van der Waals surface area contributed by atoms with Gasteiger partial charge in [-0.05, 0) is 23.1 Å². The van der Waals surface area contributed by atoms with Crippen molar-refractivity contribution in [2.75, 3.05) is 7.11 Å². The molecule has 0 radical (unpaired) electrons. The van der Waals surface area contributed by atoms with E-state index in [-0.39, 0.29) is 24.8 Å². The third-order valence-electron chi connectivity index (χ3n) is 3.54. The summed E-state index contributed by atoms with van der Waals surface area (Å²) in [6.07, 6.45) is 0.103. The number of hydrogen-bond donors (Lipinski definition) is 1. The zero-order valence-corrected chi connectivity index (χ0v) is 12.1. The van der Waals surface area contributed by atoms with Crippen LogP contribution in [0.1, 0.15) is 37.3 Å². The Kier molecular flexibility index (Phi) is 4.09. The summed E-state index contributed by atoms with van der Waals surface area (Å²) in [7, 11) is 1.63. The minimum atomic E-state index is -0.690. The van der Waals surface area contributed by atoms with Crippen LogP contribution in [0.25, 0.3) is 0 Å². The van der Waals surface area contributed by atoms with Crippen molar-refractivity contribution in [1.82, 2.24) is 4.90 Å². The second-order valence-electron chi connectivity index (χ2n) is 5.36. The normalized spacial score (nSPS) is 19.1. The van der Waals surface area contributed by atoms with Crippen LogP contribution in [-0.4, -0.2) is 29.9 Å². The van der Waals surface area contributed by atoms with E-state index in [2.05, 4.69) is 13.8 Å². The molecule has 2 rings (SSSR count). The van der Waals surface area contributed by atoms with Crippen molar-refractivity contribution in [2.45, 2.75) is 38.8 Å². The zero-order chi connectivity index (χ0) is 14.9. The van der Waals surface area contributed by atoms with E-state index in [9.17, 15) is 9.59 Å². The predicted molar refractivity (Wildman–Crippen MR) is 75.2 cm³/mol.